The molecule has 1 amide bonds. The lowest BCUT2D eigenvalue weighted by molar-refractivity contribution is -0.247. The van der Waals surface area contributed by atoms with Gasteiger partial charge in [0.2, 0.25) is 5.91 Å². The molecule has 4 atom stereocenters. The first-order valence-corrected chi connectivity index (χ1v) is 4.73. The van der Waals surface area contributed by atoms with Crippen LogP contribution in [0.3, 0.4) is 0 Å². The van der Waals surface area contributed by atoms with Crippen molar-refractivity contribution in [3.8, 4) is 0 Å². The number of rotatable bonds is 2. The standard InChI is InChI=1S/C9H17NO5/c1-5(11)10(2)7-6(12)4-15-9(14-3)8(7)13/h6-9,12-13H,4H2,1-3H3/t6-,7+,8-,9-/m1/s1. The summed E-state index contributed by atoms with van der Waals surface area (Å²) in [5, 5.41) is 19.5. The van der Waals surface area contributed by atoms with Gasteiger partial charge in [-0.05, 0) is 0 Å². The summed E-state index contributed by atoms with van der Waals surface area (Å²) < 4.78 is 9.94. The Morgan fingerprint density at radius 2 is 2.13 bits per heavy atom. The van der Waals surface area contributed by atoms with Gasteiger partial charge in [0, 0.05) is 21.1 Å². The summed E-state index contributed by atoms with van der Waals surface area (Å²) in [5.74, 6) is -0.227. The van der Waals surface area contributed by atoms with Crippen molar-refractivity contribution in [1.29, 1.82) is 0 Å². The second-order valence-electron chi connectivity index (χ2n) is 3.62. The van der Waals surface area contributed by atoms with Gasteiger partial charge in [-0.1, -0.05) is 0 Å². The lowest BCUT2D eigenvalue weighted by atomic mass is 10.0. The van der Waals surface area contributed by atoms with E-state index in [0.717, 1.165) is 0 Å². The molecule has 1 aliphatic heterocycles. The Hall–Kier alpha value is -0.690. The van der Waals surface area contributed by atoms with E-state index in [4.69, 9.17) is 9.47 Å². The van der Waals surface area contributed by atoms with Crippen LogP contribution in [0.4, 0.5) is 0 Å². The molecule has 88 valence electrons. The number of amides is 1. The number of carbonyl (C=O) groups is 1. The predicted molar refractivity (Wildman–Crippen MR) is 51.0 cm³/mol. The van der Waals surface area contributed by atoms with Crippen LogP contribution >= 0.6 is 0 Å². The molecule has 0 radical (unpaired) electrons. The summed E-state index contributed by atoms with van der Waals surface area (Å²) in [6.07, 6.45) is -2.76. The number of carbonyl (C=O) groups excluding carboxylic acids is 1. The Balaban J connectivity index is 2.77. The molecule has 0 aromatic heterocycles. The second kappa shape index (κ2) is 4.89. The summed E-state index contributed by atoms with van der Waals surface area (Å²) in [4.78, 5) is 12.4. The second-order valence-corrected chi connectivity index (χ2v) is 3.62. The van der Waals surface area contributed by atoms with Crippen LogP contribution in [-0.2, 0) is 14.3 Å². The van der Waals surface area contributed by atoms with Gasteiger partial charge < -0.3 is 24.6 Å². The number of aliphatic hydroxyl groups is 2. The molecule has 0 aromatic carbocycles. The maximum absolute atomic E-state index is 11.2. The molecule has 0 bridgehead atoms. The molecule has 0 unspecified atom stereocenters. The lowest BCUT2D eigenvalue weighted by Crippen LogP contribution is -2.60. The monoisotopic (exact) mass is 219 g/mol. The highest BCUT2D eigenvalue weighted by molar-refractivity contribution is 5.73. The SMILES string of the molecule is CO[C@@H]1OC[C@@H](O)[C@H](N(C)C(C)=O)[C@H]1O. The first-order valence-electron chi connectivity index (χ1n) is 4.73. The molecule has 6 nitrogen and oxygen atoms in total. The maximum atomic E-state index is 11.2. The van der Waals surface area contributed by atoms with Gasteiger partial charge in [0.05, 0.1) is 12.6 Å². The minimum atomic E-state index is -1.05. The minimum Gasteiger partial charge on any atom is -0.388 e. The zero-order valence-electron chi connectivity index (χ0n) is 9.08. The van der Waals surface area contributed by atoms with E-state index >= 15 is 0 Å². The topological polar surface area (TPSA) is 79.2 Å². The zero-order valence-corrected chi connectivity index (χ0v) is 9.08. The van der Waals surface area contributed by atoms with E-state index in [9.17, 15) is 15.0 Å². The average molecular weight is 219 g/mol. The van der Waals surface area contributed by atoms with Crippen molar-refractivity contribution in [3.63, 3.8) is 0 Å². The van der Waals surface area contributed by atoms with Gasteiger partial charge in [-0.3, -0.25) is 4.79 Å². The van der Waals surface area contributed by atoms with Gasteiger partial charge in [0.1, 0.15) is 12.2 Å². The zero-order chi connectivity index (χ0) is 11.6. The highest BCUT2D eigenvalue weighted by atomic mass is 16.7. The van der Waals surface area contributed by atoms with E-state index in [1.165, 1.54) is 26.0 Å². The van der Waals surface area contributed by atoms with E-state index in [0.29, 0.717) is 0 Å². The molecule has 1 heterocycles. The summed E-state index contributed by atoms with van der Waals surface area (Å²) in [7, 11) is 2.92. The lowest BCUT2D eigenvalue weighted by Gasteiger charge is -2.41. The number of methoxy groups -OCH3 is 1. The highest BCUT2D eigenvalue weighted by Crippen LogP contribution is 2.20. The van der Waals surface area contributed by atoms with E-state index in [1.54, 1.807) is 0 Å². The predicted octanol–water partition coefficient (Wildman–Crippen LogP) is -1.44. The first kappa shape index (κ1) is 12.4. The fraction of sp³-hybridized carbons (Fsp3) is 0.889. The Morgan fingerprint density at radius 1 is 1.53 bits per heavy atom. The third-order valence-corrected chi connectivity index (χ3v) is 2.63. The highest BCUT2D eigenvalue weighted by Gasteiger charge is 2.41. The molecule has 0 saturated carbocycles. The number of likely N-dealkylation sites (N-methyl/N-ethyl adjacent to an activating group) is 1. The van der Waals surface area contributed by atoms with E-state index < -0.39 is 24.5 Å². The summed E-state index contributed by atoms with van der Waals surface area (Å²) in [6.45, 7) is 1.41. The molecule has 0 spiro atoms. The number of hydrogen-bond acceptors (Lipinski definition) is 5. The fourth-order valence-corrected chi connectivity index (χ4v) is 1.68. The Morgan fingerprint density at radius 3 is 2.60 bits per heavy atom. The van der Waals surface area contributed by atoms with Crippen LogP contribution in [0.2, 0.25) is 0 Å². The van der Waals surface area contributed by atoms with Crippen LogP contribution in [0.15, 0.2) is 0 Å². The average Bonchev–Trinajstić information content (AvgIpc) is 2.17. The van der Waals surface area contributed by atoms with Crippen molar-refractivity contribution in [2.45, 2.75) is 31.5 Å². The molecule has 6 heteroatoms. The van der Waals surface area contributed by atoms with Gasteiger partial charge >= 0.3 is 0 Å². The molecule has 15 heavy (non-hydrogen) atoms. The molecular weight excluding hydrogens is 202 g/mol. The smallest absolute Gasteiger partial charge is 0.219 e. The van der Waals surface area contributed by atoms with Crippen molar-refractivity contribution in [2.75, 3.05) is 20.8 Å². The van der Waals surface area contributed by atoms with Gasteiger partial charge in [-0.25, -0.2) is 0 Å². The summed E-state index contributed by atoms with van der Waals surface area (Å²) in [5.41, 5.74) is 0. The van der Waals surface area contributed by atoms with E-state index in [-0.39, 0.29) is 12.5 Å². The molecular formula is C9H17NO5. The number of hydrogen-bond donors (Lipinski definition) is 2. The normalized spacial score (nSPS) is 36.3. The maximum Gasteiger partial charge on any atom is 0.219 e. The quantitative estimate of drug-likeness (QED) is 0.594. The van der Waals surface area contributed by atoms with E-state index in [1.807, 2.05) is 0 Å². The molecule has 1 rings (SSSR count). The van der Waals surface area contributed by atoms with Gasteiger partial charge in [0.25, 0.3) is 0 Å². The third kappa shape index (κ3) is 2.46. The molecule has 1 saturated heterocycles. The Kier molecular flexibility index (Phi) is 4.04. The van der Waals surface area contributed by atoms with Crippen LogP contribution in [0.25, 0.3) is 0 Å². The van der Waals surface area contributed by atoms with Gasteiger partial charge in [0.15, 0.2) is 6.29 Å². The number of ether oxygens (including phenoxy) is 2. The van der Waals surface area contributed by atoms with Crippen LogP contribution < -0.4 is 0 Å². The molecule has 2 N–H and O–H groups in total. The van der Waals surface area contributed by atoms with Crippen LogP contribution in [0.5, 0.6) is 0 Å². The summed E-state index contributed by atoms with van der Waals surface area (Å²) in [6, 6.07) is -0.693. The van der Waals surface area contributed by atoms with Gasteiger partial charge in [-0.2, -0.15) is 0 Å². The van der Waals surface area contributed by atoms with Crippen LogP contribution in [0.1, 0.15) is 6.92 Å². The molecule has 0 aliphatic carbocycles. The molecule has 1 fully saturated rings. The van der Waals surface area contributed by atoms with Crippen LogP contribution in [0, 0.1) is 0 Å². The largest absolute Gasteiger partial charge is 0.388 e. The number of aliphatic hydroxyl groups excluding tert-OH is 2. The Bertz CT molecular complexity index is 235. The first-order chi connectivity index (χ1) is 6.99. The van der Waals surface area contributed by atoms with Crippen molar-refractivity contribution < 1.29 is 24.5 Å². The fourth-order valence-electron chi connectivity index (χ4n) is 1.68. The molecule has 1 aliphatic rings. The number of nitrogens with zero attached hydrogens (tertiary/aromatic N) is 1. The van der Waals surface area contributed by atoms with Gasteiger partial charge in [-0.15, -0.1) is 0 Å². The van der Waals surface area contributed by atoms with Crippen molar-refractivity contribution in [2.24, 2.45) is 0 Å². The Labute approximate surface area is 88.4 Å². The van der Waals surface area contributed by atoms with Crippen molar-refractivity contribution in [1.82, 2.24) is 4.90 Å². The van der Waals surface area contributed by atoms with Crippen molar-refractivity contribution >= 4 is 5.91 Å². The minimum absolute atomic E-state index is 0.0395. The third-order valence-electron chi connectivity index (χ3n) is 2.63. The van der Waals surface area contributed by atoms with Crippen LogP contribution in [-0.4, -0.2) is 66.3 Å². The van der Waals surface area contributed by atoms with E-state index in [2.05, 4.69) is 0 Å². The van der Waals surface area contributed by atoms with Crippen molar-refractivity contribution in [3.05, 3.63) is 0 Å². The molecule has 0 aromatic rings. The summed E-state index contributed by atoms with van der Waals surface area (Å²) >= 11 is 0.